The molecular weight excluding hydrogens is 234 g/mol. The summed E-state index contributed by atoms with van der Waals surface area (Å²) in [5.74, 6) is 0. The van der Waals surface area contributed by atoms with Crippen LogP contribution in [0.1, 0.15) is 25.3 Å². The maximum atomic E-state index is 5.35. The van der Waals surface area contributed by atoms with Crippen molar-refractivity contribution in [1.82, 2.24) is 0 Å². The van der Waals surface area contributed by atoms with E-state index >= 15 is 0 Å². The summed E-state index contributed by atoms with van der Waals surface area (Å²) in [6, 6.07) is 18.6. The summed E-state index contributed by atoms with van der Waals surface area (Å²) < 4.78 is 0. The molecular formula is C17H19NO. The number of rotatable bonds is 6. The predicted octanol–water partition coefficient (Wildman–Crippen LogP) is 4.66. The van der Waals surface area contributed by atoms with Gasteiger partial charge in [-0.25, -0.2) is 0 Å². The first-order chi connectivity index (χ1) is 9.42. The minimum atomic E-state index is 0.505. The zero-order chi connectivity index (χ0) is 13.3. The molecule has 0 aromatic heterocycles. The zero-order valence-corrected chi connectivity index (χ0v) is 11.3. The van der Waals surface area contributed by atoms with E-state index in [0.29, 0.717) is 6.61 Å². The fourth-order valence-electron chi connectivity index (χ4n) is 1.89. The Labute approximate surface area is 114 Å². The molecule has 0 atom stereocenters. The zero-order valence-electron chi connectivity index (χ0n) is 11.3. The van der Waals surface area contributed by atoms with Crippen molar-refractivity contribution in [3.05, 3.63) is 60.2 Å². The highest BCUT2D eigenvalue weighted by Gasteiger charge is 2.03. The van der Waals surface area contributed by atoms with Crippen LogP contribution in [0.4, 0.5) is 0 Å². The van der Waals surface area contributed by atoms with Gasteiger partial charge in [-0.1, -0.05) is 73.1 Å². The van der Waals surface area contributed by atoms with Gasteiger partial charge in [-0.2, -0.15) is 0 Å². The summed E-state index contributed by atoms with van der Waals surface area (Å²) in [6.45, 7) is 2.63. The molecule has 0 N–H and O–H groups in total. The molecule has 0 aliphatic rings. The smallest absolute Gasteiger partial charge is 0.142 e. The van der Waals surface area contributed by atoms with Crippen LogP contribution in [0.3, 0.4) is 0 Å². The molecule has 0 unspecified atom stereocenters. The molecule has 0 radical (unpaired) electrons. The molecule has 0 fully saturated rings. The lowest BCUT2D eigenvalue weighted by atomic mass is 10.0. The summed E-state index contributed by atoms with van der Waals surface area (Å²) in [7, 11) is 0. The van der Waals surface area contributed by atoms with E-state index in [2.05, 4.69) is 36.3 Å². The first kappa shape index (κ1) is 13.3. The number of oxime groups is 1. The maximum absolute atomic E-state index is 5.35. The highest BCUT2D eigenvalue weighted by Crippen LogP contribution is 2.23. The normalized spacial score (nSPS) is 10.8. The van der Waals surface area contributed by atoms with Crippen LogP contribution in [0, 0.1) is 0 Å². The van der Waals surface area contributed by atoms with Crippen LogP contribution in [0.5, 0.6) is 0 Å². The first-order valence-corrected chi connectivity index (χ1v) is 6.69. The van der Waals surface area contributed by atoms with Gasteiger partial charge in [0.05, 0.1) is 0 Å². The third-order valence-corrected chi connectivity index (χ3v) is 2.89. The summed E-state index contributed by atoms with van der Waals surface area (Å²) in [4.78, 5) is 5.35. The molecule has 98 valence electrons. The summed E-state index contributed by atoms with van der Waals surface area (Å²) >= 11 is 0. The van der Waals surface area contributed by atoms with Crippen molar-refractivity contribution >= 4 is 6.21 Å². The predicted molar refractivity (Wildman–Crippen MR) is 80.1 cm³/mol. The van der Waals surface area contributed by atoms with Crippen molar-refractivity contribution in [3.63, 3.8) is 0 Å². The lowest BCUT2D eigenvalue weighted by molar-refractivity contribution is 0.132. The summed E-state index contributed by atoms with van der Waals surface area (Å²) in [5.41, 5.74) is 3.57. The highest BCUT2D eigenvalue weighted by atomic mass is 16.6. The van der Waals surface area contributed by atoms with Crippen LogP contribution in [-0.2, 0) is 11.4 Å². The Morgan fingerprint density at radius 1 is 1.00 bits per heavy atom. The van der Waals surface area contributed by atoms with Gasteiger partial charge >= 0.3 is 0 Å². The van der Waals surface area contributed by atoms with E-state index < -0.39 is 0 Å². The lowest BCUT2D eigenvalue weighted by Crippen LogP contribution is -1.91. The molecule has 2 aromatic rings. The van der Waals surface area contributed by atoms with Crippen molar-refractivity contribution in [2.45, 2.75) is 26.4 Å². The third kappa shape index (κ3) is 3.95. The molecule has 0 aliphatic heterocycles. The molecule has 0 saturated heterocycles. The monoisotopic (exact) mass is 253 g/mol. The Morgan fingerprint density at radius 2 is 1.74 bits per heavy atom. The number of unbranched alkanes of at least 4 members (excludes halogenated alkanes) is 1. The molecule has 19 heavy (non-hydrogen) atoms. The average Bonchev–Trinajstić information content (AvgIpc) is 2.48. The Hall–Kier alpha value is -2.09. The Balaban J connectivity index is 2.09. The average molecular weight is 253 g/mol. The number of hydrogen-bond donors (Lipinski definition) is 0. The maximum Gasteiger partial charge on any atom is 0.142 e. The van der Waals surface area contributed by atoms with Gasteiger partial charge in [0.25, 0.3) is 0 Å². The van der Waals surface area contributed by atoms with Gasteiger partial charge in [-0.05, 0) is 23.1 Å². The van der Waals surface area contributed by atoms with E-state index in [9.17, 15) is 0 Å². The molecule has 2 heteroatoms. The van der Waals surface area contributed by atoms with E-state index in [4.69, 9.17) is 4.84 Å². The van der Waals surface area contributed by atoms with Gasteiger partial charge in [0.2, 0.25) is 0 Å². The second-order valence-electron chi connectivity index (χ2n) is 4.37. The van der Waals surface area contributed by atoms with Crippen molar-refractivity contribution in [3.8, 4) is 11.1 Å². The number of benzene rings is 2. The molecule has 0 aliphatic carbocycles. The van der Waals surface area contributed by atoms with E-state index in [1.54, 1.807) is 0 Å². The van der Waals surface area contributed by atoms with E-state index in [1.165, 1.54) is 11.1 Å². The van der Waals surface area contributed by atoms with Crippen molar-refractivity contribution in [2.75, 3.05) is 0 Å². The van der Waals surface area contributed by atoms with Gasteiger partial charge in [-0.3, -0.25) is 0 Å². The van der Waals surface area contributed by atoms with Crippen LogP contribution < -0.4 is 0 Å². The van der Waals surface area contributed by atoms with E-state index in [-0.39, 0.29) is 0 Å². The Bertz CT molecular complexity index is 520. The SMILES string of the molecule is CCCC=NOCc1ccccc1-c1ccccc1. The molecule has 0 saturated carbocycles. The molecule has 2 nitrogen and oxygen atoms in total. The highest BCUT2D eigenvalue weighted by molar-refractivity contribution is 5.67. The number of hydrogen-bond acceptors (Lipinski definition) is 2. The quantitative estimate of drug-likeness (QED) is 0.542. The Morgan fingerprint density at radius 3 is 2.53 bits per heavy atom. The van der Waals surface area contributed by atoms with Crippen LogP contribution in [0.2, 0.25) is 0 Å². The fraction of sp³-hybridized carbons (Fsp3) is 0.235. The number of nitrogens with zero attached hydrogens (tertiary/aromatic N) is 1. The molecule has 2 rings (SSSR count). The van der Waals surface area contributed by atoms with Crippen LogP contribution >= 0.6 is 0 Å². The third-order valence-electron chi connectivity index (χ3n) is 2.89. The summed E-state index contributed by atoms with van der Waals surface area (Å²) in [5, 5.41) is 3.97. The molecule has 2 aromatic carbocycles. The first-order valence-electron chi connectivity index (χ1n) is 6.69. The van der Waals surface area contributed by atoms with Gasteiger partial charge in [-0.15, -0.1) is 0 Å². The largest absolute Gasteiger partial charge is 0.391 e. The minimum Gasteiger partial charge on any atom is -0.391 e. The van der Waals surface area contributed by atoms with Crippen LogP contribution in [-0.4, -0.2) is 6.21 Å². The van der Waals surface area contributed by atoms with Gasteiger partial charge in [0, 0.05) is 6.21 Å². The molecule has 0 heterocycles. The Kier molecular flexibility index (Phi) is 5.17. The van der Waals surface area contributed by atoms with Crippen molar-refractivity contribution in [1.29, 1.82) is 0 Å². The fourth-order valence-corrected chi connectivity index (χ4v) is 1.89. The second kappa shape index (κ2) is 7.37. The standard InChI is InChI=1S/C17H19NO/c1-2-3-13-18-19-14-16-11-7-8-12-17(16)15-9-5-4-6-10-15/h4-13H,2-3,14H2,1H3. The lowest BCUT2D eigenvalue weighted by Gasteiger charge is -2.08. The van der Waals surface area contributed by atoms with Crippen molar-refractivity contribution < 1.29 is 4.84 Å². The van der Waals surface area contributed by atoms with Gasteiger partial charge < -0.3 is 4.84 Å². The second-order valence-corrected chi connectivity index (χ2v) is 4.37. The molecule has 0 amide bonds. The van der Waals surface area contributed by atoms with Crippen LogP contribution in [0.25, 0.3) is 11.1 Å². The van der Waals surface area contributed by atoms with Gasteiger partial charge in [0.1, 0.15) is 6.61 Å². The summed E-state index contributed by atoms with van der Waals surface area (Å²) in [6.07, 6.45) is 3.87. The van der Waals surface area contributed by atoms with Crippen LogP contribution in [0.15, 0.2) is 59.8 Å². The molecule has 0 bridgehead atoms. The molecule has 0 spiro atoms. The van der Waals surface area contributed by atoms with Crippen molar-refractivity contribution in [2.24, 2.45) is 5.16 Å². The van der Waals surface area contributed by atoms with E-state index in [1.807, 2.05) is 36.5 Å². The van der Waals surface area contributed by atoms with Gasteiger partial charge in [0.15, 0.2) is 0 Å². The topological polar surface area (TPSA) is 21.6 Å². The minimum absolute atomic E-state index is 0.505. The van der Waals surface area contributed by atoms with E-state index in [0.717, 1.165) is 18.4 Å².